The van der Waals surface area contributed by atoms with Gasteiger partial charge in [-0.2, -0.15) is 5.10 Å². The molecule has 2 heterocycles. The van der Waals surface area contributed by atoms with Crippen LogP contribution in [0.5, 0.6) is 17.2 Å². The second kappa shape index (κ2) is 9.77. The number of hydrogen-bond acceptors (Lipinski definition) is 5. The number of carbonyl (C=O) groups is 1. The van der Waals surface area contributed by atoms with Crippen molar-refractivity contribution in [2.75, 3.05) is 27.9 Å². The summed E-state index contributed by atoms with van der Waals surface area (Å²) in [5, 5.41) is 7.60. The predicted octanol–water partition coefficient (Wildman–Crippen LogP) is 5.20. The van der Waals surface area contributed by atoms with E-state index in [9.17, 15) is 4.79 Å². The highest BCUT2D eigenvalue weighted by molar-refractivity contribution is 6.00. The van der Waals surface area contributed by atoms with E-state index in [4.69, 9.17) is 14.2 Å². The van der Waals surface area contributed by atoms with Crippen LogP contribution in [0.2, 0.25) is 0 Å². The van der Waals surface area contributed by atoms with Crippen LogP contribution >= 0.6 is 0 Å². The molecule has 7 nitrogen and oxygen atoms in total. The highest BCUT2D eigenvalue weighted by Crippen LogP contribution is 2.44. The number of carbonyl (C=O) groups excluding carboxylic acids is 1. The molecule has 0 spiro atoms. The van der Waals surface area contributed by atoms with Crippen molar-refractivity contribution in [3.8, 4) is 28.5 Å². The molecule has 1 aliphatic heterocycles. The Morgan fingerprint density at radius 2 is 1.61 bits per heavy atom. The Balaban J connectivity index is 1.56. The van der Waals surface area contributed by atoms with Gasteiger partial charge in [0.2, 0.25) is 0 Å². The molecule has 1 amide bonds. The average molecular weight is 484 g/mol. The van der Waals surface area contributed by atoms with E-state index in [0.717, 1.165) is 33.7 Å². The number of H-pyrrole nitrogens is 1. The lowest BCUT2D eigenvalue weighted by molar-refractivity contribution is 0.0745. The smallest absolute Gasteiger partial charge is 0.273 e. The predicted molar refractivity (Wildman–Crippen MR) is 138 cm³/mol. The van der Waals surface area contributed by atoms with Crippen molar-refractivity contribution in [2.45, 2.75) is 19.4 Å². The molecule has 1 atom stereocenters. The molecular formula is C29H29N3O4. The topological polar surface area (TPSA) is 76.7 Å². The van der Waals surface area contributed by atoms with Gasteiger partial charge in [-0.1, -0.05) is 48.0 Å². The minimum atomic E-state index is -0.319. The van der Waals surface area contributed by atoms with Crippen LogP contribution in [0.4, 0.5) is 0 Å². The third kappa shape index (κ3) is 4.17. The zero-order chi connectivity index (χ0) is 25.2. The Bertz CT molecular complexity index is 1380. The summed E-state index contributed by atoms with van der Waals surface area (Å²) in [6, 6.07) is 21.6. The summed E-state index contributed by atoms with van der Waals surface area (Å²) >= 11 is 0. The standard InChI is InChI=1S/C29H29N3O4/c1-18-5-9-20(10-6-18)26-25-27(31-30-26)29(33)32(16-15-19-7-12-22(34-2)13-8-19)28(25)21-11-14-23(35-3)24(17-21)36-4/h5-14,17,28H,15-16H2,1-4H3,(H,30,31). The summed E-state index contributed by atoms with van der Waals surface area (Å²) in [5.41, 5.74) is 6.38. The molecule has 0 saturated heterocycles. The second-order valence-corrected chi connectivity index (χ2v) is 8.84. The molecule has 1 N–H and O–H groups in total. The number of nitrogens with one attached hydrogen (secondary N) is 1. The number of aryl methyl sites for hydroxylation is 1. The summed E-state index contributed by atoms with van der Waals surface area (Å²) in [4.78, 5) is 15.6. The maximum Gasteiger partial charge on any atom is 0.273 e. The van der Waals surface area contributed by atoms with Gasteiger partial charge in [-0.05, 0) is 48.7 Å². The lowest BCUT2D eigenvalue weighted by Crippen LogP contribution is -2.31. The molecule has 1 unspecified atom stereocenters. The number of rotatable bonds is 8. The normalized spacial score (nSPS) is 14.6. The van der Waals surface area contributed by atoms with Crippen molar-refractivity contribution in [3.05, 3.63) is 94.7 Å². The van der Waals surface area contributed by atoms with Crippen LogP contribution in [0.15, 0.2) is 66.7 Å². The Morgan fingerprint density at radius 3 is 2.28 bits per heavy atom. The number of benzene rings is 3. The molecule has 4 aromatic rings. The van der Waals surface area contributed by atoms with Gasteiger partial charge in [0, 0.05) is 17.7 Å². The highest BCUT2D eigenvalue weighted by Gasteiger charge is 2.42. The van der Waals surface area contributed by atoms with Crippen LogP contribution in [0, 0.1) is 6.92 Å². The number of aromatic amines is 1. The average Bonchev–Trinajstić information content (AvgIpc) is 3.46. The molecule has 5 rings (SSSR count). The van der Waals surface area contributed by atoms with Crippen LogP contribution in [-0.4, -0.2) is 48.9 Å². The molecule has 0 fully saturated rings. The highest BCUT2D eigenvalue weighted by atomic mass is 16.5. The first-order valence-corrected chi connectivity index (χ1v) is 11.8. The van der Waals surface area contributed by atoms with Gasteiger partial charge in [0.1, 0.15) is 11.4 Å². The van der Waals surface area contributed by atoms with Crippen molar-refractivity contribution in [1.29, 1.82) is 0 Å². The first-order chi connectivity index (χ1) is 17.5. The minimum absolute atomic E-state index is 0.0656. The summed E-state index contributed by atoms with van der Waals surface area (Å²) < 4.78 is 16.3. The SMILES string of the molecule is COc1ccc(CCN2C(=O)c3[nH]nc(-c4ccc(C)cc4)c3C2c2ccc(OC)c(OC)c2)cc1. The summed E-state index contributed by atoms with van der Waals surface area (Å²) in [6.45, 7) is 2.59. The molecule has 3 aromatic carbocycles. The Hall–Kier alpha value is -4.26. The van der Waals surface area contributed by atoms with E-state index in [1.807, 2.05) is 59.5 Å². The zero-order valence-corrected chi connectivity index (χ0v) is 20.9. The molecule has 184 valence electrons. The molecular weight excluding hydrogens is 454 g/mol. The number of nitrogens with zero attached hydrogens (tertiary/aromatic N) is 2. The van der Waals surface area contributed by atoms with Crippen molar-refractivity contribution in [2.24, 2.45) is 0 Å². The van der Waals surface area contributed by atoms with Crippen LogP contribution in [0.25, 0.3) is 11.3 Å². The van der Waals surface area contributed by atoms with E-state index < -0.39 is 0 Å². The van der Waals surface area contributed by atoms with E-state index in [1.54, 1.807) is 21.3 Å². The number of amides is 1. The van der Waals surface area contributed by atoms with Crippen LogP contribution in [-0.2, 0) is 6.42 Å². The van der Waals surface area contributed by atoms with E-state index in [2.05, 4.69) is 29.3 Å². The molecule has 0 bridgehead atoms. The fourth-order valence-electron chi connectivity index (χ4n) is 4.77. The van der Waals surface area contributed by atoms with Gasteiger partial charge in [-0.25, -0.2) is 0 Å². The Kier molecular flexibility index (Phi) is 6.38. The number of ether oxygens (including phenoxy) is 3. The van der Waals surface area contributed by atoms with Crippen LogP contribution in [0.3, 0.4) is 0 Å². The fourth-order valence-corrected chi connectivity index (χ4v) is 4.77. The molecule has 1 aromatic heterocycles. The van der Waals surface area contributed by atoms with E-state index in [1.165, 1.54) is 5.56 Å². The third-order valence-electron chi connectivity index (χ3n) is 6.71. The molecule has 0 saturated carbocycles. The van der Waals surface area contributed by atoms with Crippen molar-refractivity contribution >= 4 is 5.91 Å². The van der Waals surface area contributed by atoms with Gasteiger partial charge in [0.05, 0.1) is 33.1 Å². The monoisotopic (exact) mass is 483 g/mol. The Morgan fingerprint density at radius 1 is 0.889 bits per heavy atom. The molecule has 36 heavy (non-hydrogen) atoms. The number of methoxy groups -OCH3 is 3. The molecule has 0 aliphatic carbocycles. The minimum Gasteiger partial charge on any atom is -0.497 e. The first kappa shape index (κ1) is 23.5. The van der Waals surface area contributed by atoms with Crippen molar-refractivity contribution in [3.63, 3.8) is 0 Å². The number of aromatic nitrogens is 2. The van der Waals surface area contributed by atoms with Gasteiger partial charge in [0.25, 0.3) is 5.91 Å². The fraction of sp³-hybridized carbons (Fsp3) is 0.241. The summed E-state index contributed by atoms with van der Waals surface area (Å²) in [6.07, 6.45) is 0.705. The first-order valence-electron chi connectivity index (χ1n) is 11.8. The summed E-state index contributed by atoms with van der Waals surface area (Å²) in [5.74, 6) is 2.00. The van der Waals surface area contributed by atoms with Gasteiger partial charge in [-0.3, -0.25) is 9.89 Å². The van der Waals surface area contributed by atoms with Gasteiger partial charge in [-0.15, -0.1) is 0 Å². The Labute approximate surface area is 210 Å². The maximum atomic E-state index is 13.7. The van der Waals surface area contributed by atoms with E-state index >= 15 is 0 Å². The van der Waals surface area contributed by atoms with Gasteiger partial charge >= 0.3 is 0 Å². The van der Waals surface area contributed by atoms with Gasteiger partial charge in [0.15, 0.2) is 11.5 Å². The molecule has 7 heteroatoms. The maximum absolute atomic E-state index is 13.7. The number of hydrogen-bond donors (Lipinski definition) is 1. The van der Waals surface area contributed by atoms with Crippen molar-refractivity contribution < 1.29 is 19.0 Å². The van der Waals surface area contributed by atoms with Gasteiger partial charge < -0.3 is 19.1 Å². The van der Waals surface area contributed by atoms with Crippen LogP contribution in [0.1, 0.15) is 38.8 Å². The van der Waals surface area contributed by atoms with Crippen LogP contribution < -0.4 is 14.2 Å². The summed E-state index contributed by atoms with van der Waals surface area (Å²) in [7, 11) is 4.88. The second-order valence-electron chi connectivity index (χ2n) is 8.84. The van der Waals surface area contributed by atoms with Crippen molar-refractivity contribution in [1.82, 2.24) is 15.1 Å². The lowest BCUT2D eigenvalue weighted by atomic mass is 9.95. The lowest BCUT2D eigenvalue weighted by Gasteiger charge is -2.27. The zero-order valence-electron chi connectivity index (χ0n) is 20.9. The van der Waals surface area contributed by atoms with E-state index in [-0.39, 0.29) is 11.9 Å². The third-order valence-corrected chi connectivity index (χ3v) is 6.71. The largest absolute Gasteiger partial charge is 0.497 e. The quantitative estimate of drug-likeness (QED) is 0.373. The molecule has 0 radical (unpaired) electrons. The van der Waals surface area contributed by atoms with E-state index in [0.29, 0.717) is 30.2 Å². The number of fused-ring (bicyclic) bond motifs is 1. The molecule has 1 aliphatic rings.